The van der Waals surface area contributed by atoms with Crippen LogP contribution in [0.4, 0.5) is 5.69 Å². The third kappa shape index (κ3) is 3.99. The first-order valence-electron chi connectivity index (χ1n) is 11.3. The van der Waals surface area contributed by atoms with Crippen LogP contribution in [0.1, 0.15) is 30.4 Å². The Balaban J connectivity index is 1.64. The summed E-state index contributed by atoms with van der Waals surface area (Å²) < 4.78 is 13.5. The lowest BCUT2D eigenvalue weighted by atomic mass is 10.0. The third-order valence-corrected chi connectivity index (χ3v) is 6.27. The number of hydrogen-bond donors (Lipinski definition) is 1. The summed E-state index contributed by atoms with van der Waals surface area (Å²) >= 11 is 5.87. The van der Waals surface area contributed by atoms with E-state index in [0.29, 0.717) is 11.7 Å². The third-order valence-electron chi connectivity index (χ3n) is 5.95. The monoisotopic (exact) mass is 470 g/mol. The topological polar surface area (TPSA) is 51.5 Å². The summed E-state index contributed by atoms with van der Waals surface area (Å²) in [5, 5.41) is 4.17. The molecule has 1 N–H and O–H groups in total. The van der Waals surface area contributed by atoms with E-state index in [2.05, 4.69) is 44.2 Å². The van der Waals surface area contributed by atoms with Crippen molar-refractivity contribution in [2.24, 2.45) is 0 Å². The summed E-state index contributed by atoms with van der Waals surface area (Å²) in [5.74, 6) is 1.63. The second-order valence-corrected chi connectivity index (χ2v) is 8.29. The molecule has 0 unspecified atom stereocenters. The summed E-state index contributed by atoms with van der Waals surface area (Å²) in [7, 11) is 1.69. The van der Waals surface area contributed by atoms with Crippen LogP contribution in [0, 0.1) is 0 Å². The molecule has 1 fully saturated rings. The number of nitrogens with zero attached hydrogens (tertiary/aromatic N) is 3. The summed E-state index contributed by atoms with van der Waals surface area (Å²) in [6.45, 7) is 2.60. The van der Waals surface area contributed by atoms with Gasteiger partial charge in [-0.3, -0.25) is 4.98 Å². The number of methoxy groups -OCH3 is 1. The van der Waals surface area contributed by atoms with Gasteiger partial charge in [-0.25, -0.2) is 0 Å². The van der Waals surface area contributed by atoms with Crippen molar-refractivity contribution in [3.05, 3.63) is 103 Å². The smallest absolute Gasteiger partial charge is 0.174 e. The maximum Gasteiger partial charge on any atom is 0.174 e. The molecule has 1 saturated heterocycles. The number of aromatic nitrogens is 2. The van der Waals surface area contributed by atoms with Gasteiger partial charge < -0.3 is 24.3 Å². The molecule has 2 aromatic carbocycles. The molecule has 4 aromatic rings. The number of rotatable bonds is 7. The van der Waals surface area contributed by atoms with Crippen LogP contribution in [0.3, 0.4) is 0 Å². The minimum absolute atomic E-state index is 0.136. The van der Waals surface area contributed by atoms with Gasteiger partial charge in [0.25, 0.3) is 0 Å². The Bertz CT molecular complexity index is 1270. The Labute approximate surface area is 204 Å². The number of thiocarbonyl (C=S) groups is 1. The molecule has 0 bridgehead atoms. The first kappa shape index (κ1) is 22.0. The van der Waals surface area contributed by atoms with Gasteiger partial charge in [0.2, 0.25) is 0 Å². The van der Waals surface area contributed by atoms with Gasteiger partial charge in [0.1, 0.15) is 17.5 Å². The van der Waals surface area contributed by atoms with Crippen molar-refractivity contribution in [2.75, 3.05) is 18.6 Å². The van der Waals surface area contributed by atoms with Gasteiger partial charge in [0, 0.05) is 23.8 Å². The van der Waals surface area contributed by atoms with Crippen molar-refractivity contribution >= 4 is 23.0 Å². The van der Waals surface area contributed by atoms with Gasteiger partial charge in [0.05, 0.1) is 31.1 Å². The fourth-order valence-corrected chi connectivity index (χ4v) is 4.83. The molecule has 3 heterocycles. The van der Waals surface area contributed by atoms with Crippen molar-refractivity contribution < 1.29 is 9.47 Å². The molecule has 5 rings (SSSR count). The zero-order chi connectivity index (χ0) is 23.5. The summed E-state index contributed by atoms with van der Waals surface area (Å²) in [6, 6.07) is 25.9. The van der Waals surface area contributed by atoms with E-state index in [1.54, 1.807) is 7.11 Å². The Kier molecular flexibility index (Phi) is 6.18. The highest BCUT2D eigenvalue weighted by atomic mass is 32.1. The minimum Gasteiger partial charge on any atom is -0.495 e. The summed E-state index contributed by atoms with van der Waals surface area (Å²) in [6.07, 6.45) is 3.87. The van der Waals surface area contributed by atoms with Gasteiger partial charge in [-0.2, -0.15) is 0 Å². The maximum atomic E-state index is 5.87. The largest absolute Gasteiger partial charge is 0.495 e. The highest BCUT2D eigenvalue weighted by molar-refractivity contribution is 7.80. The molecule has 34 heavy (non-hydrogen) atoms. The molecule has 0 radical (unpaired) electrons. The van der Waals surface area contributed by atoms with Gasteiger partial charge in [-0.15, -0.1) is 0 Å². The maximum absolute atomic E-state index is 5.87. The van der Waals surface area contributed by atoms with E-state index in [1.807, 2.05) is 73.8 Å². The van der Waals surface area contributed by atoms with Gasteiger partial charge in [-0.05, 0) is 79.8 Å². The fourth-order valence-electron chi connectivity index (χ4n) is 4.49. The molecule has 1 aliphatic heterocycles. The SMILES string of the molecule is CCOc1ccc(N2C(=S)N[C@H](c3ccccn3)[C@H]2c2cccn2-c2ccccc2OC)cc1. The van der Waals surface area contributed by atoms with Gasteiger partial charge >= 0.3 is 0 Å². The molecule has 0 amide bonds. The minimum atomic E-state index is -0.139. The lowest BCUT2D eigenvalue weighted by Crippen LogP contribution is -2.30. The van der Waals surface area contributed by atoms with Crippen LogP contribution in [-0.4, -0.2) is 28.4 Å². The van der Waals surface area contributed by atoms with E-state index in [4.69, 9.17) is 21.7 Å². The van der Waals surface area contributed by atoms with Crippen LogP contribution in [0.15, 0.2) is 91.3 Å². The Morgan fingerprint density at radius 2 is 1.76 bits per heavy atom. The zero-order valence-electron chi connectivity index (χ0n) is 19.1. The first-order valence-corrected chi connectivity index (χ1v) is 11.7. The molecule has 2 aromatic heterocycles. The second kappa shape index (κ2) is 9.57. The Morgan fingerprint density at radius 3 is 2.50 bits per heavy atom. The number of para-hydroxylation sites is 2. The van der Waals surface area contributed by atoms with E-state index in [1.165, 1.54) is 0 Å². The predicted octanol–water partition coefficient (Wildman–Crippen LogP) is 5.46. The van der Waals surface area contributed by atoms with Crippen molar-refractivity contribution in [2.45, 2.75) is 19.0 Å². The average molecular weight is 471 g/mol. The van der Waals surface area contributed by atoms with Gasteiger partial charge in [0.15, 0.2) is 5.11 Å². The van der Waals surface area contributed by atoms with Crippen LogP contribution in [0.2, 0.25) is 0 Å². The number of nitrogens with one attached hydrogen (secondary N) is 1. The lowest BCUT2D eigenvalue weighted by Gasteiger charge is -2.29. The molecule has 0 spiro atoms. The standard InChI is InChI=1S/C27H26N4O2S/c1-3-33-20-15-13-19(14-16-20)31-26(25(29-27(31)34)21-9-6-7-17-28-21)23-11-8-18-30(23)22-10-4-5-12-24(22)32-2/h4-18,25-26H,3H2,1-2H3,(H,29,34)/t25-,26-/m1/s1. The number of ether oxygens (including phenoxy) is 2. The highest BCUT2D eigenvalue weighted by Crippen LogP contribution is 2.43. The molecule has 0 saturated carbocycles. The van der Waals surface area contributed by atoms with E-state index >= 15 is 0 Å². The molecule has 7 heteroatoms. The number of hydrogen-bond acceptors (Lipinski definition) is 4. The molecule has 1 aliphatic rings. The summed E-state index contributed by atoms with van der Waals surface area (Å²) in [4.78, 5) is 6.81. The molecule has 172 valence electrons. The van der Waals surface area contributed by atoms with Crippen molar-refractivity contribution in [3.63, 3.8) is 0 Å². The second-order valence-electron chi connectivity index (χ2n) is 7.90. The quantitative estimate of drug-likeness (QED) is 0.362. The Hall–Kier alpha value is -3.84. The lowest BCUT2D eigenvalue weighted by molar-refractivity contribution is 0.340. The number of anilines is 1. The highest BCUT2D eigenvalue weighted by Gasteiger charge is 2.42. The van der Waals surface area contributed by atoms with Crippen LogP contribution >= 0.6 is 12.2 Å². The van der Waals surface area contributed by atoms with Crippen molar-refractivity contribution in [1.82, 2.24) is 14.9 Å². The first-order chi connectivity index (χ1) is 16.7. The van der Waals surface area contributed by atoms with Crippen LogP contribution in [0.25, 0.3) is 5.69 Å². The van der Waals surface area contributed by atoms with E-state index < -0.39 is 0 Å². The molecular formula is C27H26N4O2S. The predicted molar refractivity (Wildman–Crippen MR) is 138 cm³/mol. The van der Waals surface area contributed by atoms with E-state index in [0.717, 1.165) is 34.3 Å². The molecular weight excluding hydrogens is 444 g/mol. The zero-order valence-corrected chi connectivity index (χ0v) is 19.9. The molecule has 6 nitrogen and oxygen atoms in total. The van der Waals surface area contributed by atoms with Crippen LogP contribution in [-0.2, 0) is 0 Å². The van der Waals surface area contributed by atoms with E-state index in [9.17, 15) is 0 Å². The molecule has 2 atom stereocenters. The normalized spacial score (nSPS) is 17.5. The van der Waals surface area contributed by atoms with Crippen molar-refractivity contribution in [3.8, 4) is 17.2 Å². The van der Waals surface area contributed by atoms with Crippen LogP contribution in [0.5, 0.6) is 11.5 Å². The summed E-state index contributed by atoms with van der Waals surface area (Å²) in [5.41, 5.74) is 3.95. The molecule has 0 aliphatic carbocycles. The average Bonchev–Trinajstić information content (AvgIpc) is 3.49. The van der Waals surface area contributed by atoms with Crippen molar-refractivity contribution in [1.29, 1.82) is 0 Å². The fraction of sp³-hybridized carbons (Fsp3) is 0.185. The van der Waals surface area contributed by atoms with E-state index in [-0.39, 0.29) is 12.1 Å². The van der Waals surface area contributed by atoms with Crippen LogP contribution < -0.4 is 19.7 Å². The number of pyridine rings is 1. The Morgan fingerprint density at radius 1 is 0.971 bits per heavy atom. The van der Waals surface area contributed by atoms with Gasteiger partial charge in [-0.1, -0.05) is 18.2 Å². The number of benzene rings is 2.